The van der Waals surface area contributed by atoms with Crippen molar-refractivity contribution in [2.75, 3.05) is 20.6 Å². The number of aliphatic hydroxyl groups is 1. The Hall–Kier alpha value is -1.64. The molecule has 1 unspecified atom stereocenters. The average Bonchev–Trinajstić information content (AvgIpc) is 2.45. The SMILES string of the molecule is CN(C)CCC(O)c1ccccc1-c1ccccc1. The summed E-state index contributed by atoms with van der Waals surface area (Å²) in [7, 11) is 4.05. The van der Waals surface area contributed by atoms with Gasteiger partial charge in [0.25, 0.3) is 0 Å². The molecule has 0 amide bonds. The van der Waals surface area contributed by atoms with E-state index in [0.717, 1.165) is 29.7 Å². The van der Waals surface area contributed by atoms with Gasteiger partial charge in [-0.05, 0) is 37.2 Å². The molecule has 0 aromatic heterocycles. The van der Waals surface area contributed by atoms with E-state index in [1.165, 1.54) is 0 Å². The zero-order chi connectivity index (χ0) is 13.7. The molecule has 2 nitrogen and oxygen atoms in total. The van der Waals surface area contributed by atoms with Crippen LogP contribution in [0.5, 0.6) is 0 Å². The quantitative estimate of drug-likeness (QED) is 0.885. The summed E-state index contributed by atoms with van der Waals surface area (Å²) in [6.07, 6.45) is 0.329. The van der Waals surface area contributed by atoms with Crippen molar-refractivity contribution in [2.45, 2.75) is 12.5 Å². The molecule has 0 spiro atoms. The highest BCUT2D eigenvalue weighted by atomic mass is 16.3. The van der Waals surface area contributed by atoms with Crippen LogP contribution in [0.2, 0.25) is 0 Å². The Balaban J connectivity index is 2.26. The number of rotatable bonds is 5. The molecule has 0 saturated heterocycles. The van der Waals surface area contributed by atoms with Gasteiger partial charge in [0.05, 0.1) is 6.10 Å². The van der Waals surface area contributed by atoms with Crippen LogP contribution in [-0.2, 0) is 0 Å². The second-order valence-corrected chi connectivity index (χ2v) is 5.06. The van der Waals surface area contributed by atoms with Crippen LogP contribution in [0.15, 0.2) is 54.6 Å². The van der Waals surface area contributed by atoms with Crippen molar-refractivity contribution in [3.63, 3.8) is 0 Å². The molecule has 100 valence electrons. The molecule has 2 aromatic rings. The van der Waals surface area contributed by atoms with E-state index in [4.69, 9.17) is 0 Å². The van der Waals surface area contributed by atoms with Crippen LogP contribution >= 0.6 is 0 Å². The number of hydrogen-bond acceptors (Lipinski definition) is 2. The second-order valence-electron chi connectivity index (χ2n) is 5.06. The first kappa shape index (κ1) is 13.8. The third-order valence-corrected chi connectivity index (χ3v) is 3.25. The maximum absolute atomic E-state index is 10.4. The van der Waals surface area contributed by atoms with Gasteiger partial charge in [-0.2, -0.15) is 0 Å². The van der Waals surface area contributed by atoms with Crippen LogP contribution in [-0.4, -0.2) is 30.6 Å². The predicted molar refractivity (Wildman–Crippen MR) is 80.0 cm³/mol. The topological polar surface area (TPSA) is 23.5 Å². The van der Waals surface area contributed by atoms with Crippen molar-refractivity contribution < 1.29 is 5.11 Å². The summed E-state index contributed by atoms with van der Waals surface area (Å²) >= 11 is 0. The minimum absolute atomic E-state index is 0.418. The highest BCUT2D eigenvalue weighted by Gasteiger charge is 2.13. The lowest BCUT2D eigenvalue weighted by molar-refractivity contribution is 0.155. The summed E-state index contributed by atoms with van der Waals surface area (Å²) in [6.45, 7) is 0.879. The molecule has 2 aromatic carbocycles. The van der Waals surface area contributed by atoms with Crippen molar-refractivity contribution >= 4 is 0 Å². The molecule has 0 heterocycles. The van der Waals surface area contributed by atoms with Gasteiger partial charge in [-0.3, -0.25) is 0 Å². The van der Waals surface area contributed by atoms with E-state index in [1.807, 2.05) is 50.5 Å². The summed E-state index contributed by atoms with van der Waals surface area (Å²) in [5.74, 6) is 0. The second kappa shape index (κ2) is 6.50. The maximum Gasteiger partial charge on any atom is 0.0808 e. The van der Waals surface area contributed by atoms with E-state index < -0.39 is 6.10 Å². The molecule has 0 aliphatic carbocycles. The van der Waals surface area contributed by atoms with Crippen LogP contribution in [0.1, 0.15) is 18.1 Å². The Kier molecular flexibility index (Phi) is 4.72. The lowest BCUT2D eigenvalue weighted by atomic mass is 9.95. The summed E-state index contributed by atoms with van der Waals surface area (Å²) in [5, 5.41) is 10.4. The van der Waals surface area contributed by atoms with Crippen LogP contribution in [0.3, 0.4) is 0 Å². The van der Waals surface area contributed by atoms with Gasteiger partial charge in [-0.15, -0.1) is 0 Å². The highest BCUT2D eigenvalue weighted by Crippen LogP contribution is 2.29. The number of benzene rings is 2. The minimum Gasteiger partial charge on any atom is -0.388 e. The van der Waals surface area contributed by atoms with Crippen molar-refractivity contribution in [1.29, 1.82) is 0 Å². The fourth-order valence-electron chi connectivity index (χ4n) is 2.20. The fourth-order valence-corrected chi connectivity index (χ4v) is 2.20. The summed E-state index contributed by atoms with van der Waals surface area (Å²) in [5.41, 5.74) is 3.28. The van der Waals surface area contributed by atoms with Gasteiger partial charge in [0.1, 0.15) is 0 Å². The lowest BCUT2D eigenvalue weighted by Gasteiger charge is -2.18. The first-order chi connectivity index (χ1) is 9.18. The molecular weight excluding hydrogens is 234 g/mol. The largest absolute Gasteiger partial charge is 0.388 e. The Labute approximate surface area is 115 Å². The van der Waals surface area contributed by atoms with Crippen molar-refractivity contribution in [2.24, 2.45) is 0 Å². The molecule has 0 radical (unpaired) electrons. The van der Waals surface area contributed by atoms with Gasteiger partial charge in [0.2, 0.25) is 0 Å². The van der Waals surface area contributed by atoms with Gasteiger partial charge < -0.3 is 10.0 Å². The molecule has 1 N–H and O–H groups in total. The van der Waals surface area contributed by atoms with Gasteiger partial charge in [0, 0.05) is 6.54 Å². The molecule has 1 atom stereocenters. The standard InChI is InChI=1S/C17H21NO/c1-18(2)13-12-17(19)16-11-7-6-10-15(16)14-8-4-3-5-9-14/h3-11,17,19H,12-13H2,1-2H3. The van der Waals surface area contributed by atoms with E-state index in [0.29, 0.717) is 0 Å². The zero-order valence-electron chi connectivity index (χ0n) is 11.6. The Bertz CT molecular complexity index is 508. The van der Waals surface area contributed by atoms with E-state index in [1.54, 1.807) is 0 Å². The summed E-state index contributed by atoms with van der Waals surface area (Å²) in [6, 6.07) is 18.3. The van der Waals surface area contributed by atoms with Crippen molar-refractivity contribution in [3.8, 4) is 11.1 Å². The fraction of sp³-hybridized carbons (Fsp3) is 0.294. The first-order valence-corrected chi connectivity index (χ1v) is 6.65. The van der Waals surface area contributed by atoms with Gasteiger partial charge in [-0.25, -0.2) is 0 Å². The average molecular weight is 255 g/mol. The molecule has 0 fully saturated rings. The molecule has 0 aliphatic rings. The first-order valence-electron chi connectivity index (χ1n) is 6.65. The summed E-state index contributed by atoms with van der Waals surface area (Å²) < 4.78 is 0. The van der Waals surface area contributed by atoms with E-state index in [9.17, 15) is 5.11 Å². The van der Waals surface area contributed by atoms with Crippen LogP contribution in [0.4, 0.5) is 0 Å². The molecule has 2 heteroatoms. The van der Waals surface area contributed by atoms with Gasteiger partial charge in [0.15, 0.2) is 0 Å². The number of aliphatic hydroxyl groups excluding tert-OH is 1. The highest BCUT2D eigenvalue weighted by molar-refractivity contribution is 5.67. The van der Waals surface area contributed by atoms with Crippen molar-refractivity contribution in [3.05, 3.63) is 60.2 Å². The molecule has 19 heavy (non-hydrogen) atoms. The predicted octanol–water partition coefficient (Wildman–Crippen LogP) is 3.34. The third kappa shape index (κ3) is 3.66. The third-order valence-electron chi connectivity index (χ3n) is 3.25. The van der Waals surface area contributed by atoms with Gasteiger partial charge in [-0.1, -0.05) is 54.6 Å². The maximum atomic E-state index is 10.4. The monoisotopic (exact) mass is 255 g/mol. The van der Waals surface area contributed by atoms with Crippen LogP contribution in [0, 0.1) is 0 Å². The molecule has 2 rings (SSSR count). The number of nitrogens with zero attached hydrogens (tertiary/aromatic N) is 1. The Morgan fingerprint density at radius 1 is 0.947 bits per heavy atom. The zero-order valence-corrected chi connectivity index (χ0v) is 11.6. The minimum atomic E-state index is -0.418. The molecule has 0 saturated carbocycles. The van der Waals surface area contributed by atoms with E-state index in [-0.39, 0.29) is 0 Å². The van der Waals surface area contributed by atoms with Gasteiger partial charge >= 0.3 is 0 Å². The molecular formula is C17H21NO. The smallest absolute Gasteiger partial charge is 0.0808 e. The van der Waals surface area contributed by atoms with Crippen LogP contribution < -0.4 is 0 Å². The molecule has 0 aliphatic heterocycles. The molecule has 0 bridgehead atoms. The Morgan fingerprint density at radius 3 is 2.26 bits per heavy atom. The summed E-state index contributed by atoms with van der Waals surface area (Å²) in [4.78, 5) is 2.09. The Morgan fingerprint density at radius 2 is 1.58 bits per heavy atom. The normalized spacial score (nSPS) is 12.6. The number of hydrogen-bond donors (Lipinski definition) is 1. The lowest BCUT2D eigenvalue weighted by Crippen LogP contribution is -2.16. The van der Waals surface area contributed by atoms with E-state index in [2.05, 4.69) is 23.1 Å². The van der Waals surface area contributed by atoms with Crippen molar-refractivity contribution in [1.82, 2.24) is 4.90 Å². The van der Waals surface area contributed by atoms with Crippen LogP contribution in [0.25, 0.3) is 11.1 Å². The van der Waals surface area contributed by atoms with E-state index >= 15 is 0 Å².